The van der Waals surface area contributed by atoms with Crippen molar-refractivity contribution in [1.82, 2.24) is 10.2 Å². The molecule has 1 saturated heterocycles. The summed E-state index contributed by atoms with van der Waals surface area (Å²) in [5.74, 6) is -0.966. The third kappa shape index (κ3) is 2.84. The first kappa shape index (κ1) is 14.1. The van der Waals surface area contributed by atoms with Crippen LogP contribution in [0.4, 0.5) is 4.39 Å². The molecule has 0 aliphatic carbocycles. The van der Waals surface area contributed by atoms with Gasteiger partial charge in [-0.05, 0) is 31.5 Å². The van der Waals surface area contributed by atoms with Gasteiger partial charge in [0, 0.05) is 11.0 Å². The van der Waals surface area contributed by atoms with Crippen molar-refractivity contribution in [3.05, 3.63) is 34.1 Å². The second-order valence-corrected chi connectivity index (χ2v) is 5.88. The summed E-state index contributed by atoms with van der Waals surface area (Å²) in [7, 11) is 0. The smallest absolute Gasteiger partial charge is 0.246 e. The predicted octanol–water partition coefficient (Wildman–Crippen LogP) is 1.83. The maximum atomic E-state index is 13.0. The average Bonchev–Trinajstić information content (AvgIpc) is 2.29. The highest BCUT2D eigenvalue weighted by atomic mass is 79.9. The van der Waals surface area contributed by atoms with Gasteiger partial charge in [-0.25, -0.2) is 4.39 Å². The van der Waals surface area contributed by atoms with Crippen molar-refractivity contribution < 1.29 is 14.0 Å². The highest BCUT2D eigenvalue weighted by Gasteiger charge is 2.40. The number of nitrogens with zero attached hydrogens (tertiary/aromatic N) is 1. The molecule has 4 nitrogen and oxygen atoms in total. The number of carbonyl (C=O) groups is 2. The Labute approximate surface area is 119 Å². The molecule has 102 valence electrons. The van der Waals surface area contributed by atoms with Crippen molar-refractivity contribution in [2.24, 2.45) is 0 Å². The summed E-state index contributed by atoms with van der Waals surface area (Å²) in [5, 5.41) is 2.32. The van der Waals surface area contributed by atoms with Crippen LogP contribution in [0.15, 0.2) is 22.7 Å². The normalized spacial score (nSPS) is 19.4. The summed E-state index contributed by atoms with van der Waals surface area (Å²) < 4.78 is 13.7. The van der Waals surface area contributed by atoms with Gasteiger partial charge in [-0.1, -0.05) is 22.0 Å². The minimum absolute atomic E-state index is 0.141. The van der Waals surface area contributed by atoms with E-state index in [0.717, 1.165) is 5.56 Å². The van der Waals surface area contributed by atoms with Gasteiger partial charge >= 0.3 is 0 Å². The fourth-order valence-corrected chi connectivity index (χ4v) is 2.42. The van der Waals surface area contributed by atoms with Crippen LogP contribution in [-0.4, -0.2) is 28.8 Å². The van der Waals surface area contributed by atoms with E-state index in [2.05, 4.69) is 21.2 Å². The molecule has 2 amide bonds. The lowest BCUT2D eigenvalue weighted by Crippen LogP contribution is -2.63. The van der Waals surface area contributed by atoms with Crippen LogP contribution in [0.5, 0.6) is 0 Å². The Morgan fingerprint density at radius 1 is 1.42 bits per heavy atom. The number of nitrogens with one attached hydrogen (secondary N) is 1. The average molecular weight is 329 g/mol. The summed E-state index contributed by atoms with van der Waals surface area (Å²) in [6, 6.07) is 4.37. The highest BCUT2D eigenvalue weighted by molar-refractivity contribution is 9.10. The zero-order chi connectivity index (χ0) is 14.2. The zero-order valence-corrected chi connectivity index (χ0v) is 12.3. The Morgan fingerprint density at radius 3 is 2.74 bits per heavy atom. The van der Waals surface area contributed by atoms with E-state index in [-0.39, 0.29) is 24.2 Å². The molecule has 19 heavy (non-hydrogen) atoms. The molecule has 1 aliphatic heterocycles. The predicted molar refractivity (Wildman–Crippen MR) is 71.7 cm³/mol. The van der Waals surface area contributed by atoms with E-state index in [4.69, 9.17) is 0 Å². The van der Waals surface area contributed by atoms with Crippen LogP contribution in [0, 0.1) is 5.82 Å². The lowest BCUT2D eigenvalue weighted by Gasteiger charge is -2.40. The number of carbonyl (C=O) groups excluding carboxylic acids is 2. The molecule has 0 spiro atoms. The van der Waals surface area contributed by atoms with E-state index < -0.39 is 5.54 Å². The van der Waals surface area contributed by atoms with Crippen molar-refractivity contribution in [2.45, 2.75) is 25.9 Å². The molecular formula is C13H14BrFN2O2. The van der Waals surface area contributed by atoms with Crippen molar-refractivity contribution in [2.75, 3.05) is 6.54 Å². The highest BCUT2D eigenvalue weighted by Crippen LogP contribution is 2.25. The molecule has 0 atom stereocenters. The molecule has 0 radical (unpaired) electrons. The first-order valence-electron chi connectivity index (χ1n) is 5.84. The lowest BCUT2D eigenvalue weighted by atomic mass is 9.98. The number of imide groups is 1. The molecule has 1 heterocycles. The van der Waals surface area contributed by atoms with Gasteiger partial charge in [0.15, 0.2) is 0 Å². The van der Waals surface area contributed by atoms with Crippen molar-refractivity contribution in [3.63, 3.8) is 0 Å². The Bertz CT molecular complexity index is 545. The van der Waals surface area contributed by atoms with E-state index in [1.807, 2.05) is 0 Å². The van der Waals surface area contributed by atoms with Crippen molar-refractivity contribution in [3.8, 4) is 0 Å². The topological polar surface area (TPSA) is 49.4 Å². The Morgan fingerprint density at radius 2 is 2.11 bits per heavy atom. The molecular weight excluding hydrogens is 315 g/mol. The summed E-state index contributed by atoms with van der Waals surface area (Å²) in [5.41, 5.74) is 0.0545. The fourth-order valence-electron chi connectivity index (χ4n) is 1.94. The quantitative estimate of drug-likeness (QED) is 0.842. The molecule has 1 N–H and O–H groups in total. The first-order chi connectivity index (χ1) is 8.80. The molecule has 6 heteroatoms. The molecule has 1 aromatic carbocycles. The number of amides is 2. The van der Waals surface area contributed by atoms with Crippen molar-refractivity contribution in [1.29, 1.82) is 0 Å². The van der Waals surface area contributed by atoms with Gasteiger partial charge in [-0.15, -0.1) is 0 Å². The van der Waals surface area contributed by atoms with E-state index >= 15 is 0 Å². The first-order valence-corrected chi connectivity index (χ1v) is 6.63. The van der Waals surface area contributed by atoms with Crippen LogP contribution >= 0.6 is 15.9 Å². The van der Waals surface area contributed by atoms with Crippen LogP contribution in [0.2, 0.25) is 0 Å². The second kappa shape index (κ2) is 5.02. The molecule has 0 bridgehead atoms. The van der Waals surface area contributed by atoms with E-state index in [0.29, 0.717) is 11.0 Å². The van der Waals surface area contributed by atoms with E-state index in [1.165, 1.54) is 12.1 Å². The standard InChI is InChI=1S/C13H14BrFN2O2/c1-13(2)12(19)16-11(18)7-17(13)6-8-3-4-9(15)5-10(8)14/h3-5H,6-7H2,1-2H3,(H,16,18,19). The molecule has 1 fully saturated rings. The van der Waals surface area contributed by atoms with Crippen LogP contribution < -0.4 is 5.32 Å². The minimum Gasteiger partial charge on any atom is -0.294 e. The number of piperazine rings is 1. The maximum Gasteiger partial charge on any atom is 0.246 e. The SMILES string of the molecule is CC1(C)C(=O)NC(=O)CN1Cc1ccc(F)cc1Br. The van der Waals surface area contributed by atoms with Gasteiger partial charge in [-0.2, -0.15) is 0 Å². The Kier molecular flexibility index (Phi) is 3.73. The Balaban J connectivity index is 2.25. The van der Waals surface area contributed by atoms with Gasteiger partial charge < -0.3 is 0 Å². The summed E-state index contributed by atoms with van der Waals surface area (Å²) in [6.45, 7) is 4.05. The van der Waals surface area contributed by atoms with E-state index in [1.54, 1.807) is 24.8 Å². The molecule has 0 unspecified atom stereocenters. The van der Waals surface area contributed by atoms with Crippen LogP contribution in [0.25, 0.3) is 0 Å². The van der Waals surface area contributed by atoms with Crippen molar-refractivity contribution >= 4 is 27.7 Å². The number of hydrogen-bond acceptors (Lipinski definition) is 3. The largest absolute Gasteiger partial charge is 0.294 e. The third-order valence-electron chi connectivity index (χ3n) is 3.31. The molecule has 1 aliphatic rings. The van der Waals surface area contributed by atoms with Gasteiger partial charge in [0.05, 0.1) is 12.1 Å². The van der Waals surface area contributed by atoms with Crippen LogP contribution in [0.1, 0.15) is 19.4 Å². The maximum absolute atomic E-state index is 13.0. The zero-order valence-electron chi connectivity index (χ0n) is 10.7. The minimum atomic E-state index is -0.776. The van der Waals surface area contributed by atoms with E-state index in [9.17, 15) is 14.0 Å². The molecule has 0 aromatic heterocycles. The van der Waals surface area contributed by atoms with Gasteiger partial charge in [0.25, 0.3) is 0 Å². The lowest BCUT2D eigenvalue weighted by molar-refractivity contribution is -0.145. The second-order valence-electron chi connectivity index (χ2n) is 5.03. The van der Waals surface area contributed by atoms with Gasteiger partial charge in [0.2, 0.25) is 11.8 Å². The monoisotopic (exact) mass is 328 g/mol. The third-order valence-corrected chi connectivity index (χ3v) is 4.05. The summed E-state index contributed by atoms with van der Waals surface area (Å²) >= 11 is 3.29. The van der Waals surface area contributed by atoms with Crippen LogP contribution in [0.3, 0.4) is 0 Å². The Hall–Kier alpha value is -1.27. The molecule has 2 rings (SSSR count). The summed E-state index contributed by atoms with van der Waals surface area (Å²) in [4.78, 5) is 25.0. The van der Waals surface area contributed by atoms with Gasteiger partial charge in [0.1, 0.15) is 5.82 Å². The number of rotatable bonds is 2. The number of benzene rings is 1. The fraction of sp³-hybridized carbons (Fsp3) is 0.385. The molecule has 0 saturated carbocycles. The molecule has 1 aromatic rings. The van der Waals surface area contributed by atoms with Gasteiger partial charge in [-0.3, -0.25) is 19.8 Å². The van der Waals surface area contributed by atoms with Crippen LogP contribution in [-0.2, 0) is 16.1 Å². The number of hydrogen-bond donors (Lipinski definition) is 1. The number of halogens is 2. The summed E-state index contributed by atoms with van der Waals surface area (Å²) in [6.07, 6.45) is 0.